The van der Waals surface area contributed by atoms with Gasteiger partial charge in [-0.3, -0.25) is 9.59 Å². The number of benzene rings is 1. The average Bonchev–Trinajstić information content (AvgIpc) is 2.91. The van der Waals surface area contributed by atoms with Crippen molar-refractivity contribution in [3.63, 3.8) is 0 Å². The number of nitrogens with one attached hydrogen (secondary N) is 1. The summed E-state index contributed by atoms with van der Waals surface area (Å²) in [5.41, 5.74) is 0.562. The van der Waals surface area contributed by atoms with E-state index in [-0.39, 0.29) is 24.5 Å². The van der Waals surface area contributed by atoms with Crippen LogP contribution >= 0.6 is 11.6 Å². The van der Waals surface area contributed by atoms with Crippen molar-refractivity contribution in [3.05, 3.63) is 47.1 Å². The van der Waals surface area contributed by atoms with Gasteiger partial charge in [0.1, 0.15) is 5.82 Å². The van der Waals surface area contributed by atoms with Crippen molar-refractivity contribution < 1.29 is 9.59 Å². The fourth-order valence-corrected chi connectivity index (χ4v) is 2.27. The molecule has 0 aliphatic rings. The van der Waals surface area contributed by atoms with E-state index < -0.39 is 0 Å². The third kappa shape index (κ3) is 5.21. The minimum absolute atomic E-state index is 0.0764. The van der Waals surface area contributed by atoms with E-state index in [9.17, 15) is 9.59 Å². The maximum atomic E-state index is 12.0. The molecule has 2 aromatic rings. The van der Waals surface area contributed by atoms with Gasteiger partial charge < -0.3 is 5.32 Å². The zero-order chi connectivity index (χ0) is 16.8. The number of rotatable bonds is 7. The molecule has 0 saturated carbocycles. The summed E-state index contributed by atoms with van der Waals surface area (Å²) in [7, 11) is 0. The molecule has 122 valence electrons. The minimum Gasteiger partial charge on any atom is -0.311 e. The van der Waals surface area contributed by atoms with E-state index in [2.05, 4.69) is 24.3 Å². The molecule has 1 amide bonds. The molecular weight excluding hydrogens is 314 g/mol. The third-order valence-corrected chi connectivity index (χ3v) is 3.52. The number of halogens is 1. The van der Waals surface area contributed by atoms with Gasteiger partial charge in [0.2, 0.25) is 5.91 Å². The van der Waals surface area contributed by atoms with Gasteiger partial charge in [0, 0.05) is 36.0 Å². The molecule has 0 radical (unpaired) electrons. The van der Waals surface area contributed by atoms with Crippen molar-refractivity contribution in [1.82, 2.24) is 9.78 Å². The first kappa shape index (κ1) is 17.2. The number of Topliss-reactive ketones (excluding diaryl/α,β-unsaturated/α-hetero) is 1. The fraction of sp³-hybridized carbons (Fsp3) is 0.353. The second kappa shape index (κ2) is 7.92. The molecule has 2 rings (SSSR count). The van der Waals surface area contributed by atoms with E-state index in [4.69, 9.17) is 11.6 Å². The second-order valence-electron chi connectivity index (χ2n) is 5.77. The number of aromatic nitrogens is 2. The first-order valence-electron chi connectivity index (χ1n) is 7.56. The predicted molar refractivity (Wildman–Crippen MR) is 90.7 cm³/mol. The molecule has 23 heavy (non-hydrogen) atoms. The number of carbonyl (C=O) groups excluding carboxylic acids is 2. The molecule has 1 N–H and O–H groups in total. The lowest BCUT2D eigenvalue weighted by atomic mass is 10.1. The quantitative estimate of drug-likeness (QED) is 0.784. The molecule has 0 spiro atoms. The van der Waals surface area contributed by atoms with Crippen molar-refractivity contribution >= 4 is 29.1 Å². The summed E-state index contributed by atoms with van der Waals surface area (Å²) >= 11 is 5.79. The van der Waals surface area contributed by atoms with E-state index in [1.807, 2.05) is 0 Å². The molecule has 5 nitrogen and oxygen atoms in total. The van der Waals surface area contributed by atoms with Gasteiger partial charge >= 0.3 is 0 Å². The molecular formula is C17H20ClN3O2. The van der Waals surface area contributed by atoms with Crippen LogP contribution in [0.25, 0.3) is 0 Å². The van der Waals surface area contributed by atoms with Crippen LogP contribution in [0.3, 0.4) is 0 Å². The highest BCUT2D eigenvalue weighted by Gasteiger charge is 2.12. The van der Waals surface area contributed by atoms with E-state index in [0.717, 1.165) is 6.54 Å². The summed E-state index contributed by atoms with van der Waals surface area (Å²) in [6.07, 6.45) is 1.94. The molecule has 6 heteroatoms. The summed E-state index contributed by atoms with van der Waals surface area (Å²) in [6.45, 7) is 4.89. The average molecular weight is 334 g/mol. The van der Waals surface area contributed by atoms with Gasteiger partial charge in [-0.05, 0) is 30.2 Å². The number of anilines is 1. The first-order valence-corrected chi connectivity index (χ1v) is 7.94. The van der Waals surface area contributed by atoms with Crippen LogP contribution in [0.5, 0.6) is 0 Å². The molecule has 0 aliphatic carbocycles. The Hall–Kier alpha value is -2.14. The Bertz CT molecular complexity index is 677. The molecule has 0 fully saturated rings. The van der Waals surface area contributed by atoms with Crippen molar-refractivity contribution in [2.45, 2.75) is 33.2 Å². The third-order valence-electron chi connectivity index (χ3n) is 3.27. The summed E-state index contributed by atoms with van der Waals surface area (Å²) < 4.78 is 1.75. The minimum atomic E-state index is -0.196. The Balaban J connectivity index is 1.87. The highest BCUT2D eigenvalue weighted by Crippen LogP contribution is 2.13. The smallest absolute Gasteiger partial charge is 0.225 e. The van der Waals surface area contributed by atoms with Gasteiger partial charge in [0.05, 0.1) is 6.20 Å². The predicted octanol–water partition coefficient (Wildman–Crippen LogP) is 3.79. The first-order chi connectivity index (χ1) is 11.0. The topological polar surface area (TPSA) is 64.0 Å². The molecule has 1 heterocycles. The zero-order valence-electron chi connectivity index (χ0n) is 13.3. The SMILES string of the molecule is CC(C)Cn1nccc1NC(=O)CCC(=O)c1ccc(Cl)cc1. The van der Waals surface area contributed by atoms with Crippen LogP contribution in [0.15, 0.2) is 36.5 Å². The van der Waals surface area contributed by atoms with Gasteiger partial charge in [-0.1, -0.05) is 25.4 Å². The van der Waals surface area contributed by atoms with Crippen LogP contribution in [0.1, 0.15) is 37.0 Å². The van der Waals surface area contributed by atoms with Crippen LogP contribution in [0, 0.1) is 5.92 Å². The molecule has 1 aromatic heterocycles. The summed E-state index contributed by atoms with van der Waals surface area (Å²) in [6, 6.07) is 8.42. The van der Waals surface area contributed by atoms with E-state index in [1.54, 1.807) is 41.2 Å². The Morgan fingerprint density at radius 2 is 1.87 bits per heavy atom. The Morgan fingerprint density at radius 1 is 1.17 bits per heavy atom. The van der Waals surface area contributed by atoms with E-state index in [0.29, 0.717) is 22.3 Å². The van der Waals surface area contributed by atoms with Gasteiger partial charge in [0.15, 0.2) is 5.78 Å². The van der Waals surface area contributed by atoms with E-state index >= 15 is 0 Å². The number of ketones is 1. The molecule has 0 aliphatic heterocycles. The van der Waals surface area contributed by atoms with Crippen molar-refractivity contribution in [3.8, 4) is 0 Å². The molecule has 0 saturated heterocycles. The van der Waals surface area contributed by atoms with Crippen LogP contribution in [0.4, 0.5) is 5.82 Å². The molecule has 0 unspecified atom stereocenters. The van der Waals surface area contributed by atoms with Crippen molar-refractivity contribution in [2.24, 2.45) is 5.92 Å². The van der Waals surface area contributed by atoms with Crippen LogP contribution in [-0.4, -0.2) is 21.5 Å². The lowest BCUT2D eigenvalue weighted by Crippen LogP contribution is -2.18. The van der Waals surface area contributed by atoms with Crippen LogP contribution < -0.4 is 5.32 Å². The summed E-state index contributed by atoms with van der Waals surface area (Å²) in [5, 5.41) is 7.56. The van der Waals surface area contributed by atoms with E-state index in [1.165, 1.54) is 0 Å². The number of nitrogens with zero attached hydrogens (tertiary/aromatic N) is 2. The summed E-state index contributed by atoms with van der Waals surface area (Å²) in [5.74, 6) is 0.810. The normalized spacial score (nSPS) is 10.8. The number of amides is 1. The highest BCUT2D eigenvalue weighted by molar-refractivity contribution is 6.30. The summed E-state index contributed by atoms with van der Waals surface area (Å²) in [4.78, 5) is 24.0. The van der Waals surface area contributed by atoms with Gasteiger partial charge in [0.25, 0.3) is 0 Å². The maximum absolute atomic E-state index is 12.0. The largest absolute Gasteiger partial charge is 0.311 e. The number of hydrogen-bond acceptors (Lipinski definition) is 3. The monoisotopic (exact) mass is 333 g/mol. The fourth-order valence-electron chi connectivity index (χ4n) is 2.14. The standard InChI is InChI=1S/C17H20ClN3O2/c1-12(2)11-21-16(9-10-19-21)20-17(23)8-7-15(22)13-3-5-14(18)6-4-13/h3-6,9-10,12H,7-8,11H2,1-2H3,(H,20,23). The molecule has 0 bridgehead atoms. The number of hydrogen-bond donors (Lipinski definition) is 1. The molecule has 0 atom stereocenters. The van der Waals surface area contributed by atoms with Crippen molar-refractivity contribution in [1.29, 1.82) is 0 Å². The maximum Gasteiger partial charge on any atom is 0.225 e. The Morgan fingerprint density at radius 3 is 2.52 bits per heavy atom. The number of carbonyl (C=O) groups is 2. The lowest BCUT2D eigenvalue weighted by Gasteiger charge is -2.10. The van der Waals surface area contributed by atoms with Gasteiger partial charge in [-0.25, -0.2) is 4.68 Å². The molecule has 1 aromatic carbocycles. The Kier molecular flexibility index (Phi) is 5.93. The Labute approximate surface area is 140 Å². The van der Waals surface area contributed by atoms with Gasteiger partial charge in [-0.15, -0.1) is 0 Å². The van der Waals surface area contributed by atoms with Crippen LogP contribution in [-0.2, 0) is 11.3 Å². The van der Waals surface area contributed by atoms with Gasteiger partial charge in [-0.2, -0.15) is 5.10 Å². The highest BCUT2D eigenvalue weighted by atomic mass is 35.5. The second-order valence-corrected chi connectivity index (χ2v) is 6.21. The van der Waals surface area contributed by atoms with Crippen molar-refractivity contribution in [2.75, 3.05) is 5.32 Å². The lowest BCUT2D eigenvalue weighted by molar-refractivity contribution is -0.116. The van der Waals surface area contributed by atoms with Crippen LogP contribution in [0.2, 0.25) is 5.02 Å². The zero-order valence-corrected chi connectivity index (χ0v) is 14.0.